The largest absolute Gasteiger partial charge is 0.496 e. The van der Waals surface area contributed by atoms with E-state index in [1.54, 1.807) is 12.1 Å². The Kier molecular flexibility index (Phi) is 4.30. The second-order valence-corrected chi connectivity index (χ2v) is 5.29. The maximum absolute atomic E-state index is 13.5. The van der Waals surface area contributed by atoms with Crippen LogP contribution < -0.4 is 10.5 Å². The van der Waals surface area contributed by atoms with Crippen molar-refractivity contribution in [3.8, 4) is 5.75 Å². The zero-order valence-corrected chi connectivity index (χ0v) is 12.8. The van der Waals surface area contributed by atoms with Crippen molar-refractivity contribution in [2.75, 3.05) is 12.8 Å². The van der Waals surface area contributed by atoms with Gasteiger partial charge in [-0.1, -0.05) is 11.6 Å². The molecule has 0 aliphatic carbocycles. The third kappa shape index (κ3) is 2.78. The lowest BCUT2D eigenvalue weighted by atomic mass is 10.0. The summed E-state index contributed by atoms with van der Waals surface area (Å²) in [6.07, 6.45) is 0. The van der Waals surface area contributed by atoms with Crippen LogP contribution in [0.25, 0.3) is 0 Å². The van der Waals surface area contributed by atoms with Crippen LogP contribution in [0.4, 0.5) is 10.1 Å². The van der Waals surface area contributed by atoms with E-state index in [1.807, 2.05) is 0 Å². The molecule has 0 atom stereocenters. The number of carbonyl (C=O) groups excluding carboxylic acids is 1. The van der Waals surface area contributed by atoms with Gasteiger partial charge in [0, 0.05) is 11.6 Å². The third-order valence-corrected chi connectivity index (χ3v) is 3.68. The van der Waals surface area contributed by atoms with Crippen molar-refractivity contribution in [3.05, 3.63) is 56.8 Å². The number of nitrogen functional groups attached to an aromatic ring is 1. The Morgan fingerprint density at radius 2 is 2.05 bits per heavy atom. The Morgan fingerprint density at radius 3 is 2.65 bits per heavy atom. The first kappa shape index (κ1) is 14.8. The molecular weight excluding hydrogens is 349 g/mol. The van der Waals surface area contributed by atoms with Crippen molar-refractivity contribution in [2.24, 2.45) is 0 Å². The summed E-state index contributed by atoms with van der Waals surface area (Å²) in [7, 11) is 1.37. The van der Waals surface area contributed by atoms with Crippen LogP contribution in [-0.2, 0) is 0 Å². The molecule has 0 aliphatic heterocycles. The highest BCUT2D eigenvalue weighted by atomic mass is 79.9. The van der Waals surface area contributed by atoms with Gasteiger partial charge in [-0.3, -0.25) is 4.79 Å². The molecule has 0 bridgehead atoms. The molecule has 3 nitrogen and oxygen atoms in total. The van der Waals surface area contributed by atoms with Gasteiger partial charge >= 0.3 is 0 Å². The number of ketones is 1. The molecule has 0 aromatic heterocycles. The number of rotatable bonds is 3. The number of hydrogen-bond acceptors (Lipinski definition) is 3. The monoisotopic (exact) mass is 357 g/mol. The lowest BCUT2D eigenvalue weighted by molar-refractivity contribution is 0.103. The van der Waals surface area contributed by atoms with Crippen molar-refractivity contribution in [1.29, 1.82) is 0 Å². The van der Waals surface area contributed by atoms with E-state index in [0.29, 0.717) is 11.3 Å². The minimum Gasteiger partial charge on any atom is -0.496 e. The second kappa shape index (κ2) is 5.81. The van der Waals surface area contributed by atoms with Crippen LogP contribution in [0, 0.1) is 5.82 Å². The van der Waals surface area contributed by atoms with Gasteiger partial charge in [-0.2, -0.15) is 0 Å². The van der Waals surface area contributed by atoms with Crippen molar-refractivity contribution >= 4 is 39.0 Å². The smallest absolute Gasteiger partial charge is 0.196 e. The highest BCUT2D eigenvalue weighted by Crippen LogP contribution is 2.29. The summed E-state index contributed by atoms with van der Waals surface area (Å²) in [5, 5.41) is 0.288. The van der Waals surface area contributed by atoms with Crippen LogP contribution in [0.2, 0.25) is 5.02 Å². The Labute approximate surface area is 128 Å². The fourth-order valence-electron chi connectivity index (χ4n) is 1.70. The first-order valence-corrected chi connectivity index (χ1v) is 6.74. The number of benzene rings is 2. The van der Waals surface area contributed by atoms with Gasteiger partial charge in [-0.25, -0.2) is 4.39 Å². The Bertz CT molecular complexity index is 691. The summed E-state index contributed by atoms with van der Waals surface area (Å²) in [5.41, 5.74) is 6.57. The predicted octanol–water partition coefficient (Wildman–Crippen LogP) is 4.06. The summed E-state index contributed by atoms with van der Waals surface area (Å²) >= 11 is 8.95. The zero-order chi connectivity index (χ0) is 14.9. The van der Waals surface area contributed by atoms with Crippen molar-refractivity contribution < 1.29 is 13.9 Å². The molecule has 0 saturated carbocycles. The van der Waals surface area contributed by atoms with E-state index < -0.39 is 5.82 Å². The van der Waals surface area contributed by atoms with Gasteiger partial charge in [0.25, 0.3) is 0 Å². The van der Waals surface area contributed by atoms with E-state index in [1.165, 1.54) is 19.2 Å². The van der Waals surface area contributed by atoms with E-state index in [-0.39, 0.29) is 26.6 Å². The van der Waals surface area contributed by atoms with Crippen LogP contribution in [-0.4, -0.2) is 12.9 Å². The van der Waals surface area contributed by atoms with Crippen LogP contribution in [0.3, 0.4) is 0 Å². The van der Waals surface area contributed by atoms with Gasteiger partial charge < -0.3 is 10.5 Å². The van der Waals surface area contributed by atoms with Crippen LogP contribution in [0.1, 0.15) is 15.9 Å². The van der Waals surface area contributed by atoms with E-state index in [9.17, 15) is 9.18 Å². The molecule has 2 rings (SSSR count). The van der Waals surface area contributed by atoms with Gasteiger partial charge in [-0.15, -0.1) is 0 Å². The van der Waals surface area contributed by atoms with Crippen LogP contribution in [0.5, 0.6) is 5.75 Å². The summed E-state index contributed by atoms with van der Waals surface area (Å²) < 4.78 is 18.7. The number of hydrogen-bond donors (Lipinski definition) is 1. The van der Waals surface area contributed by atoms with Crippen LogP contribution in [0.15, 0.2) is 34.8 Å². The predicted molar refractivity (Wildman–Crippen MR) is 79.9 cm³/mol. The average Bonchev–Trinajstić information content (AvgIpc) is 2.43. The average molecular weight is 359 g/mol. The molecule has 0 radical (unpaired) electrons. The Balaban J connectivity index is 2.52. The highest BCUT2D eigenvalue weighted by Gasteiger charge is 2.18. The number of methoxy groups -OCH3 is 1. The molecule has 0 amide bonds. The normalized spacial score (nSPS) is 10.4. The van der Waals surface area contributed by atoms with Gasteiger partial charge in [0.1, 0.15) is 11.6 Å². The first-order valence-electron chi connectivity index (χ1n) is 5.56. The third-order valence-electron chi connectivity index (χ3n) is 2.75. The zero-order valence-electron chi connectivity index (χ0n) is 10.4. The molecule has 2 N–H and O–H groups in total. The van der Waals surface area contributed by atoms with Gasteiger partial charge in [0.15, 0.2) is 5.78 Å². The molecule has 6 heteroatoms. The molecule has 20 heavy (non-hydrogen) atoms. The quantitative estimate of drug-likeness (QED) is 0.665. The lowest BCUT2D eigenvalue weighted by Gasteiger charge is -2.09. The maximum atomic E-state index is 13.5. The molecule has 0 aliphatic rings. The van der Waals surface area contributed by atoms with E-state index in [2.05, 4.69) is 15.9 Å². The maximum Gasteiger partial charge on any atom is 0.196 e. The Morgan fingerprint density at radius 1 is 1.35 bits per heavy atom. The molecular formula is C14H10BrClFNO2. The molecule has 104 valence electrons. The van der Waals surface area contributed by atoms with E-state index in [0.717, 1.165) is 6.07 Å². The van der Waals surface area contributed by atoms with Gasteiger partial charge in [0.05, 0.1) is 27.9 Å². The fraction of sp³-hybridized carbons (Fsp3) is 0.0714. The van der Waals surface area contributed by atoms with E-state index >= 15 is 0 Å². The minimum atomic E-state index is -0.506. The summed E-state index contributed by atoms with van der Waals surface area (Å²) in [6, 6.07) is 7.09. The van der Waals surface area contributed by atoms with Crippen molar-refractivity contribution in [3.63, 3.8) is 0 Å². The molecule has 2 aromatic carbocycles. The highest BCUT2D eigenvalue weighted by molar-refractivity contribution is 9.10. The van der Waals surface area contributed by atoms with Gasteiger partial charge in [-0.05, 0) is 40.2 Å². The van der Waals surface area contributed by atoms with Crippen LogP contribution >= 0.6 is 27.5 Å². The van der Waals surface area contributed by atoms with Crippen molar-refractivity contribution in [2.45, 2.75) is 0 Å². The summed E-state index contributed by atoms with van der Waals surface area (Å²) in [5.74, 6) is -0.679. The topological polar surface area (TPSA) is 52.3 Å². The minimum absolute atomic E-state index is 0.156. The SMILES string of the molecule is COc1cc(F)c(Br)cc1C(=O)c1ccc(N)c(Cl)c1. The number of anilines is 1. The molecule has 0 fully saturated rings. The van der Waals surface area contributed by atoms with Crippen molar-refractivity contribution in [1.82, 2.24) is 0 Å². The molecule has 2 aromatic rings. The molecule has 0 heterocycles. The summed E-state index contributed by atoms with van der Waals surface area (Å²) in [4.78, 5) is 12.4. The number of carbonyl (C=O) groups is 1. The summed E-state index contributed by atoms with van der Waals surface area (Å²) in [6.45, 7) is 0. The lowest BCUT2D eigenvalue weighted by Crippen LogP contribution is -2.05. The molecule has 0 saturated heterocycles. The Hall–Kier alpha value is -1.59. The number of halogens is 3. The first-order chi connectivity index (χ1) is 9.43. The molecule has 0 spiro atoms. The van der Waals surface area contributed by atoms with E-state index in [4.69, 9.17) is 22.1 Å². The molecule has 0 unspecified atom stereocenters. The number of ether oxygens (including phenoxy) is 1. The fourth-order valence-corrected chi connectivity index (χ4v) is 2.22. The van der Waals surface area contributed by atoms with Gasteiger partial charge in [0.2, 0.25) is 0 Å². The standard InChI is InChI=1S/C14H10BrClFNO2/c1-20-13-6-11(17)9(15)5-8(13)14(19)7-2-3-12(18)10(16)4-7/h2-6H,18H2,1H3. The number of nitrogens with two attached hydrogens (primary N) is 1. The second-order valence-electron chi connectivity index (χ2n) is 4.03.